The Balaban J connectivity index is 2.07. The van der Waals surface area contributed by atoms with Gasteiger partial charge < -0.3 is 20.2 Å². The second kappa shape index (κ2) is 10.0. The summed E-state index contributed by atoms with van der Waals surface area (Å²) < 4.78 is 5.13. The molecule has 1 heterocycles. The molecule has 1 unspecified atom stereocenters. The van der Waals surface area contributed by atoms with Crippen LogP contribution in [0.5, 0.6) is 5.75 Å². The van der Waals surface area contributed by atoms with Crippen LogP contribution in [-0.2, 0) is 9.63 Å². The van der Waals surface area contributed by atoms with Gasteiger partial charge in [0.15, 0.2) is 0 Å². The summed E-state index contributed by atoms with van der Waals surface area (Å²) in [5.41, 5.74) is 0.811. The van der Waals surface area contributed by atoms with Crippen molar-refractivity contribution in [2.24, 2.45) is 0 Å². The van der Waals surface area contributed by atoms with E-state index in [1.54, 1.807) is 19.2 Å². The number of hydrogen-bond donors (Lipinski definition) is 2. The number of thioether (sulfide) groups is 1. The molecule has 2 amide bonds. The summed E-state index contributed by atoms with van der Waals surface area (Å²) in [7, 11) is 1.56. The Labute approximate surface area is 161 Å². The zero-order valence-electron chi connectivity index (χ0n) is 15.2. The molecule has 1 aromatic rings. The molecule has 148 valence electrons. The van der Waals surface area contributed by atoms with Crippen LogP contribution in [0.1, 0.15) is 37.0 Å². The Bertz CT molecular complexity index is 669. The van der Waals surface area contributed by atoms with E-state index in [0.29, 0.717) is 12.2 Å². The Hall–Kier alpha value is -2.49. The van der Waals surface area contributed by atoms with Gasteiger partial charge in [-0.2, -0.15) is 0 Å². The minimum absolute atomic E-state index is 0.222. The van der Waals surface area contributed by atoms with Gasteiger partial charge in [0, 0.05) is 0 Å². The maximum Gasteiger partial charge on any atom is 0.294 e. The topological polar surface area (TPSA) is 120 Å². The first-order valence-electron chi connectivity index (χ1n) is 8.63. The fraction of sp³-hybridized carbons (Fsp3) is 0.529. The van der Waals surface area contributed by atoms with Crippen molar-refractivity contribution in [3.05, 3.63) is 39.9 Å². The molecular formula is C17H23N3O6S. The molecule has 1 saturated heterocycles. The van der Waals surface area contributed by atoms with E-state index in [2.05, 4.69) is 15.5 Å². The van der Waals surface area contributed by atoms with Crippen molar-refractivity contribution in [1.29, 1.82) is 0 Å². The third-order valence-corrected chi connectivity index (χ3v) is 5.30. The summed E-state index contributed by atoms with van der Waals surface area (Å²) in [6.07, 6.45) is 2.23. The third kappa shape index (κ3) is 6.02. The van der Waals surface area contributed by atoms with Gasteiger partial charge in [-0.05, 0) is 24.1 Å². The van der Waals surface area contributed by atoms with Crippen LogP contribution in [-0.4, -0.2) is 42.0 Å². The van der Waals surface area contributed by atoms with Gasteiger partial charge in [-0.3, -0.25) is 9.59 Å². The third-order valence-electron chi connectivity index (χ3n) is 4.17. The highest BCUT2D eigenvalue weighted by atomic mass is 32.2. The van der Waals surface area contributed by atoms with Crippen LogP contribution in [0.3, 0.4) is 0 Å². The summed E-state index contributed by atoms with van der Waals surface area (Å²) in [6.45, 7) is 1.76. The highest BCUT2D eigenvalue weighted by molar-refractivity contribution is 8.14. The summed E-state index contributed by atoms with van der Waals surface area (Å²) >= 11 is 1.04. The Morgan fingerprint density at radius 3 is 2.70 bits per heavy atom. The SMILES string of the molecule is CCCC[C@@H](CO[N+](=O)[O-])NC(=O)[C@H]1NC(=O)SC1c1ccc(OC)cc1. The predicted molar refractivity (Wildman–Crippen MR) is 100 cm³/mol. The van der Waals surface area contributed by atoms with Crippen LogP contribution in [0.4, 0.5) is 4.79 Å². The van der Waals surface area contributed by atoms with Gasteiger partial charge in [-0.1, -0.05) is 43.7 Å². The largest absolute Gasteiger partial charge is 0.497 e. The number of carbonyl (C=O) groups excluding carboxylic acids is 2. The van der Waals surface area contributed by atoms with Crippen LogP contribution in [0.15, 0.2) is 24.3 Å². The second-order valence-electron chi connectivity index (χ2n) is 6.09. The van der Waals surface area contributed by atoms with Crippen LogP contribution < -0.4 is 15.4 Å². The maximum atomic E-state index is 12.7. The number of benzene rings is 1. The lowest BCUT2D eigenvalue weighted by molar-refractivity contribution is -0.758. The molecule has 1 aliphatic rings. The number of rotatable bonds is 10. The summed E-state index contributed by atoms with van der Waals surface area (Å²) in [6, 6.07) is 5.88. The molecule has 0 radical (unpaired) electrons. The lowest BCUT2D eigenvalue weighted by Gasteiger charge is -2.22. The standard InChI is InChI=1S/C17H23N3O6S/c1-3-4-5-12(10-26-20(23)24)18-16(21)14-15(27-17(22)19-14)11-6-8-13(25-2)9-7-11/h6-9,12,14-15H,3-5,10H2,1-2H3,(H,18,21)(H,19,22)/t12-,14-,15?/m0/s1. The summed E-state index contributed by atoms with van der Waals surface area (Å²) in [5, 5.41) is 14.3. The van der Waals surface area contributed by atoms with Crippen LogP contribution in [0.25, 0.3) is 0 Å². The molecule has 0 aliphatic carbocycles. The number of carbonyl (C=O) groups is 2. The average Bonchev–Trinajstić information content (AvgIpc) is 3.05. The maximum absolute atomic E-state index is 12.7. The van der Waals surface area contributed by atoms with Crippen LogP contribution in [0, 0.1) is 10.1 Å². The van der Waals surface area contributed by atoms with E-state index in [1.807, 2.05) is 19.1 Å². The molecular weight excluding hydrogens is 374 g/mol. The summed E-state index contributed by atoms with van der Waals surface area (Å²) in [4.78, 5) is 39.5. The molecule has 2 N–H and O–H groups in total. The number of ether oxygens (including phenoxy) is 1. The minimum Gasteiger partial charge on any atom is -0.497 e. The molecule has 27 heavy (non-hydrogen) atoms. The molecule has 9 nitrogen and oxygen atoms in total. The molecule has 0 bridgehead atoms. The number of methoxy groups -OCH3 is 1. The molecule has 1 aliphatic heterocycles. The number of nitrogens with zero attached hydrogens (tertiary/aromatic N) is 1. The van der Waals surface area contributed by atoms with Gasteiger partial charge in [0.25, 0.3) is 10.3 Å². The average molecular weight is 397 g/mol. The molecule has 0 saturated carbocycles. The molecule has 0 spiro atoms. The van der Waals surface area contributed by atoms with Gasteiger partial charge in [0.2, 0.25) is 5.91 Å². The van der Waals surface area contributed by atoms with E-state index in [4.69, 9.17) is 4.74 Å². The number of hydrogen-bond acceptors (Lipinski definition) is 7. The molecule has 1 fully saturated rings. The Morgan fingerprint density at radius 2 is 2.11 bits per heavy atom. The fourth-order valence-electron chi connectivity index (χ4n) is 2.77. The van der Waals surface area contributed by atoms with Gasteiger partial charge in [0.05, 0.1) is 18.4 Å². The van der Waals surface area contributed by atoms with E-state index in [1.165, 1.54) is 0 Å². The van der Waals surface area contributed by atoms with Crippen molar-refractivity contribution in [3.8, 4) is 5.75 Å². The van der Waals surface area contributed by atoms with E-state index in [9.17, 15) is 19.7 Å². The van der Waals surface area contributed by atoms with Crippen LogP contribution in [0.2, 0.25) is 0 Å². The van der Waals surface area contributed by atoms with Gasteiger partial charge in [0.1, 0.15) is 18.4 Å². The van der Waals surface area contributed by atoms with Crippen molar-refractivity contribution >= 4 is 22.9 Å². The predicted octanol–water partition coefficient (Wildman–Crippen LogP) is 2.44. The lowest BCUT2D eigenvalue weighted by atomic mass is 10.0. The van der Waals surface area contributed by atoms with E-state index in [0.717, 1.165) is 30.2 Å². The first-order chi connectivity index (χ1) is 12.9. The van der Waals surface area contributed by atoms with Gasteiger partial charge in [-0.25, -0.2) is 0 Å². The molecule has 10 heteroatoms. The van der Waals surface area contributed by atoms with Gasteiger partial charge >= 0.3 is 0 Å². The van der Waals surface area contributed by atoms with E-state index >= 15 is 0 Å². The highest BCUT2D eigenvalue weighted by Gasteiger charge is 2.39. The lowest BCUT2D eigenvalue weighted by Crippen LogP contribution is -2.49. The van der Waals surface area contributed by atoms with Crippen molar-refractivity contribution < 1.29 is 24.3 Å². The van der Waals surface area contributed by atoms with E-state index in [-0.39, 0.29) is 17.8 Å². The van der Waals surface area contributed by atoms with Crippen LogP contribution >= 0.6 is 11.8 Å². The number of unbranched alkanes of at least 4 members (excludes halogenated alkanes) is 1. The van der Waals surface area contributed by atoms with E-state index < -0.39 is 22.4 Å². The monoisotopic (exact) mass is 397 g/mol. The van der Waals surface area contributed by atoms with Gasteiger partial charge in [-0.15, -0.1) is 10.1 Å². The quantitative estimate of drug-likeness (QED) is 0.459. The molecule has 2 rings (SSSR count). The normalized spacial score (nSPS) is 19.9. The number of amides is 2. The first-order valence-corrected chi connectivity index (χ1v) is 9.51. The smallest absolute Gasteiger partial charge is 0.294 e. The minimum atomic E-state index is -0.877. The molecule has 0 aromatic heterocycles. The zero-order chi connectivity index (χ0) is 19.8. The summed E-state index contributed by atoms with van der Waals surface area (Å²) in [5.74, 6) is 0.292. The molecule has 1 aromatic carbocycles. The number of nitrogens with one attached hydrogen (secondary N) is 2. The molecule has 3 atom stereocenters. The second-order valence-corrected chi connectivity index (χ2v) is 7.20. The Morgan fingerprint density at radius 1 is 1.41 bits per heavy atom. The Kier molecular flexibility index (Phi) is 7.71. The first kappa shape index (κ1) is 20.8. The van der Waals surface area contributed by atoms with Crippen molar-refractivity contribution in [2.75, 3.05) is 13.7 Å². The van der Waals surface area contributed by atoms with Crippen molar-refractivity contribution in [2.45, 2.75) is 43.5 Å². The highest BCUT2D eigenvalue weighted by Crippen LogP contribution is 2.38. The fourth-order valence-corrected chi connectivity index (χ4v) is 3.81. The van der Waals surface area contributed by atoms with Crippen molar-refractivity contribution in [1.82, 2.24) is 10.6 Å². The van der Waals surface area contributed by atoms with Crippen molar-refractivity contribution in [3.63, 3.8) is 0 Å². The zero-order valence-corrected chi connectivity index (χ0v) is 16.0.